The molecule has 2 rings (SSSR count). The first-order valence-electron chi connectivity index (χ1n) is 9.77. The molecule has 2 aliphatic rings. The minimum atomic E-state index is -0.780. The largest absolute Gasteiger partial charge is 0.462 e. The van der Waals surface area contributed by atoms with E-state index >= 15 is 0 Å². The van der Waals surface area contributed by atoms with E-state index in [4.69, 9.17) is 4.74 Å². The molecule has 0 bridgehead atoms. The molecule has 1 fully saturated rings. The lowest BCUT2D eigenvalue weighted by molar-refractivity contribution is -0.154. The second-order valence-corrected chi connectivity index (χ2v) is 9.15. The highest BCUT2D eigenvalue weighted by atomic mass is 16.5. The van der Waals surface area contributed by atoms with Crippen LogP contribution >= 0.6 is 0 Å². The normalized spacial score (nSPS) is 38.3. The van der Waals surface area contributed by atoms with Crippen molar-refractivity contribution in [3.63, 3.8) is 0 Å². The molecular formula is C22H36O3. The number of fused-ring (bicyclic) bond motifs is 1. The van der Waals surface area contributed by atoms with Gasteiger partial charge in [0.1, 0.15) is 6.10 Å². The van der Waals surface area contributed by atoms with Crippen molar-refractivity contribution in [1.82, 2.24) is 0 Å². The predicted octanol–water partition coefficient (Wildman–Crippen LogP) is 5.04. The average molecular weight is 349 g/mol. The fraction of sp³-hybridized carbons (Fsp3) is 0.773. The standard InChI is InChI=1S/C22H36O3/c1-15-8-7-9-16(2)14-19(25-17(3)23)20-18(21(4,5)24)11-13-22(20,6)12-10-15/h9-10,12,15,18-20,24H,7-8,11,13-14H2,1-6H3/b12-10+,16-9?/t15-,18-,19+,20-,22+/m1/s1. The highest BCUT2D eigenvalue weighted by molar-refractivity contribution is 5.66. The second-order valence-electron chi connectivity index (χ2n) is 9.15. The molecule has 1 N–H and O–H groups in total. The summed E-state index contributed by atoms with van der Waals surface area (Å²) < 4.78 is 5.84. The van der Waals surface area contributed by atoms with Crippen LogP contribution in [-0.4, -0.2) is 22.8 Å². The van der Waals surface area contributed by atoms with E-state index < -0.39 is 5.60 Å². The van der Waals surface area contributed by atoms with Gasteiger partial charge in [-0.1, -0.05) is 37.6 Å². The van der Waals surface area contributed by atoms with Crippen LogP contribution in [0.1, 0.15) is 73.6 Å². The van der Waals surface area contributed by atoms with Crippen molar-refractivity contribution in [1.29, 1.82) is 0 Å². The fourth-order valence-electron chi connectivity index (χ4n) is 4.87. The minimum absolute atomic E-state index is 0.0519. The molecular weight excluding hydrogens is 312 g/mol. The second kappa shape index (κ2) is 7.65. The van der Waals surface area contributed by atoms with Gasteiger partial charge in [0.05, 0.1) is 5.60 Å². The van der Waals surface area contributed by atoms with Crippen molar-refractivity contribution < 1.29 is 14.6 Å². The molecule has 0 saturated heterocycles. The van der Waals surface area contributed by atoms with E-state index in [2.05, 4.69) is 39.0 Å². The third-order valence-electron chi connectivity index (χ3n) is 6.26. The van der Waals surface area contributed by atoms with Gasteiger partial charge in [-0.15, -0.1) is 0 Å². The summed E-state index contributed by atoms with van der Waals surface area (Å²) in [5.74, 6) is 0.554. The van der Waals surface area contributed by atoms with Gasteiger partial charge >= 0.3 is 5.97 Å². The third kappa shape index (κ3) is 4.97. The van der Waals surface area contributed by atoms with E-state index in [1.54, 1.807) is 0 Å². The maximum Gasteiger partial charge on any atom is 0.302 e. The smallest absolute Gasteiger partial charge is 0.302 e. The molecule has 0 aliphatic heterocycles. The Hall–Kier alpha value is -1.09. The molecule has 0 amide bonds. The van der Waals surface area contributed by atoms with E-state index in [0.29, 0.717) is 5.92 Å². The molecule has 0 heterocycles. The number of esters is 1. The summed E-state index contributed by atoms with van der Waals surface area (Å²) in [5.41, 5.74) is 0.450. The number of rotatable bonds is 2. The maximum absolute atomic E-state index is 11.8. The topological polar surface area (TPSA) is 46.5 Å². The van der Waals surface area contributed by atoms with Gasteiger partial charge in [0.15, 0.2) is 0 Å². The Balaban J connectivity index is 2.49. The van der Waals surface area contributed by atoms with Crippen LogP contribution in [0.5, 0.6) is 0 Å². The molecule has 142 valence electrons. The summed E-state index contributed by atoms with van der Waals surface area (Å²) in [5, 5.41) is 10.8. The summed E-state index contributed by atoms with van der Waals surface area (Å²) in [7, 11) is 0. The van der Waals surface area contributed by atoms with Crippen molar-refractivity contribution in [2.75, 3.05) is 0 Å². The molecule has 0 aromatic carbocycles. The first kappa shape index (κ1) is 20.2. The van der Waals surface area contributed by atoms with Gasteiger partial charge in [-0.25, -0.2) is 0 Å². The van der Waals surface area contributed by atoms with Gasteiger partial charge < -0.3 is 9.84 Å². The molecule has 25 heavy (non-hydrogen) atoms. The van der Waals surface area contributed by atoms with Gasteiger partial charge in [0.25, 0.3) is 0 Å². The molecule has 0 aromatic rings. The van der Waals surface area contributed by atoms with E-state index in [-0.39, 0.29) is 29.3 Å². The summed E-state index contributed by atoms with van der Waals surface area (Å²) >= 11 is 0. The van der Waals surface area contributed by atoms with Gasteiger partial charge in [0, 0.05) is 19.3 Å². The SMILES string of the molecule is CC(=O)O[C@H]1CC(C)=CCC[C@@H](C)/C=C/[C@@]2(C)CC[C@@H](C(C)(C)O)[C@H]12. The predicted molar refractivity (Wildman–Crippen MR) is 102 cm³/mol. The molecule has 0 unspecified atom stereocenters. The molecule has 3 nitrogen and oxygen atoms in total. The number of carbonyl (C=O) groups is 1. The van der Waals surface area contributed by atoms with Crippen LogP contribution in [0.25, 0.3) is 0 Å². The summed E-state index contributed by atoms with van der Waals surface area (Å²) in [6.45, 7) is 12.0. The number of hydrogen-bond donors (Lipinski definition) is 1. The minimum Gasteiger partial charge on any atom is -0.462 e. The number of carbonyl (C=O) groups excluding carboxylic acids is 1. The zero-order valence-corrected chi connectivity index (χ0v) is 16.8. The van der Waals surface area contributed by atoms with Gasteiger partial charge in [-0.2, -0.15) is 0 Å². The lowest BCUT2D eigenvalue weighted by Crippen LogP contribution is -2.44. The molecule has 2 aliphatic carbocycles. The van der Waals surface area contributed by atoms with Crippen molar-refractivity contribution in [2.45, 2.75) is 85.4 Å². The molecule has 3 heteroatoms. The molecule has 0 radical (unpaired) electrons. The zero-order chi connectivity index (χ0) is 18.8. The maximum atomic E-state index is 11.8. The van der Waals surface area contributed by atoms with Crippen molar-refractivity contribution in [3.8, 4) is 0 Å². The lowest BCUT2D eigenvalue weighted by atomic mass is 9.68. The Morgan fingerprint density at radius 1 is 1.36 bits per heavy atom. The Labute approximate surface area is 153 Å². The lowest BCUT2D eigenvalue weighted by Gasteiger charge is -2.41. The quantitative estimate of drug-likeness (QED) is 0.561. The Morgan fingerprint density at radius 2 is 2.04 bits per heavy atom. The summed E-state index contributed by atoms with van der Waals surface area (Å²) in [6, 6.07) is 0. The molecule has 1 saturated carbocycles. The first-order valence-corrected chi connectivity index (χ1v) is 9.77. The molecule has 0 aromatic heterocycles. The van der Waals surface area contributed by atoms with E-state index in [1.807, 2.05) is 13.8 Å². The van der Waals surface area contributed by atoms with E-state index in [0.717, 1.165) is 32.1 Å². The Kier molecular flexibility index (Phi) is 6.19. The van der Waals surface area contributed by atoms with Crippen molar-refractivity contribution in [2.24, 2.45) is 23.2 Å². The number of hydrogen-bond acceptors (Lipinski definition) is 3. The van der Waals surface area contributed by atoms with E-state index in [9.17, 15) is 9.90 Å². The monoisotopic (exact) mass is 348 g/mol. The van der Waals surface area contributed by atoms with Crippen LogP contribution in [0.2, 0.25) is 0 Å². The number of ether oxygens (including phenoxy) is 1. The zero-order valence-electron chi connectivity index (χ0n) is 16.8. The first-order chi connectivity index (χ1) is 11.5. The average Bonchev–Trinajstić information content (AvgIpc) is 2.81. The molecule has 5 atom stereocenters. The van der Waals surface area contributed by atoms with Gasteiger partial charge in [-0.3, -0.25) is 4.79 Å². The van der Waals surface area contributed by atoms with Gasteiger partial charge in [-0.05, 0) is 63.7 Å². The van der Waals surface area contributed by atoms with Gasteiger partial charge in [0.2, 0.25) is 0 Å². The van der Waals surface area contributed by atoms with Crippen LogP contribution in [0.3, 0.4) is 0 Å². The Bertz CT molecular complexity index is 540. The Morgan fingerprint density at radius 3 is 2.64 bits per heavy atom. The third-order valence-corrected chi connectivity index (χ3v) is 6.26. The van der Waals surface area contributed by atoms with E-state index in [1.165, 1.54) is 12.5 Å². The molecule has 0 spiro atoms. The van der Waals surface area contributed by atoms with Crippen LogP contribution in [0.15, 0.2) is 23.8 Å². The van der Waals surface area contributed by atoms with Crippen LogP contribution in [-0.2, 0) is 9.53 Å². The highest BCUT2D eigenvalue weighted by Crippen LogP contribution is 2.54. The highest BCUT2D eigenvalue weighted by Gasteiger charge is 2.53. The summed E-state index contributed by atoms with van der Waals surface area (Å²) in [4.78, 5) is 11.8. The number of aliphatic hydroxyl groups is 1. The van der Waals surface area contributed by atoms with Crippen LogP contribution in [0, 0.1) is 23.2 Å². The van der Waals surface area contributed by atoms with Crippen molar-refractivity contribution >= 4 is 5.97 Å². The van der Waals surface area contributed by atoms with Crippen LogP contribution in [0.4, 0.5) is 0 Å². The van der Waals surface area contributed by atoms with Crippen LogP contribution < -0.4 is 0 Å². The fourth-order valence-corrected chi connectivity index (χ4v) is 4.87. The number of allylic oxidation sites excluding steroid dienone is 3. The summed E-state index contributed by atoms with van der Waals surface area (Å²) in [6.07, 6.45) is 11.7. The van der Waals surface area contributed by atoms with Crippen molar-refractivity contribution in [3.05, 3.63) is 23.8 Å².